The highest BCUT2D eigenvalue weighted by atomic mass is 19.4. The molecular formula is C20H18F3N7O. The molecule has 0 fully saturated rings. The first-order chi connectivity index (χ1) is 14.4. The Balaban J connectivity index is 0.00000272. The Morgan fingerprint density at radius 2 is 1.68 bits per heavy atom. The van der Waals surface area contributed by atoms with Gasteiger partial charge in [0.15, 0.2) is 0 Å². The molecule has 0 spiro atoms. The van der Waals surface area contributed by atoms with Crippen LogP contribution in [0.15, 0.2) is 54.6 Å². The zero-order valence-corrected chi connectivity index (χ0v) is 16.3. The predicted molar refractivity (Wildman–Crippen MR) is 108 cm³/mol. The summed E-state index contributed by atoms with van der Waals surface area (Å²) >= 11 is 0. The lowest BCUT2D eigenvalue weighted by Gasteiger charge is -2.11. The van der Waals surface area contributed by atoms with Crippen molar-refractivity contribution in [3.8, 4) is 22.5 Å². The highest BCUT2D eigenvalue weighted by Gasteiger charge is 2.33. The topological polar surface area (TPSA) is 124 Å². The largest absolute Gasteiger partial charge is 0.433 e. The van der Waals surface area contributed by atoms with E-state index in [0.29, 0.717) is 12.4 Å². The monoisotopic (exact) mass is 429 g/mol. The number of anilines is 1. The minimum Gasteiger partial charge on any atom is -0.412 e. The van der Waals surface area contributed by atoms with Crippen LogP contribution < -0.4 is 5.32 Å². The Kier molecular flexibility index (Phi) is 6.25. The van der Waals surface area contributed by atoms with E-state index in [0.717, 1.165) is 28.3 Å². The van der Waals surface area contributed by atoms with Gasteiger partial charge >= 0.3 is 6.18 Å². The van der Waals surface area contributed by atoms with Gasteiger partial charge in [-0.25, -0.2) is 9.97 Å². The number of hydrogen-bond acceptors (Lipinski definition) is 6. The molecule has 0 saturated heterocycles. The van der Waals surface area contributed by atoms with Crippen LogP contribution in [0.4, 0.5) is 19.0 Å². The lowest BCUT2D eigenvalue weighted by atomic mass is 9.98. The zero-order valence-electron chi connectivity index (χ0n) is 16.3. The number of hydrogen-bond donors (Lipinski definition) is 2. The van der Waals surface area contributed by atoms with Crippen LogP contribution >= 0.6 is 0 Å². The van der Waals surface area contributed by atoms with Crippen LogP contribution in [0.25, 0.3) is 22.5 Å². The normalized spacial score (nSPS) is 11.1. The van der Waals surface area contributed by atoms with Crippen molar-refractivity contribution in [3.05, 3.63) is 71.7 Å². The van der Waals surface area contributed by atoms with E-state index in [1.165, 1.54) is 6.92 Å². The number of aryl methyl sites for hydroxylation is 1. The number of tetrazole rings is 1. The van der Waals surface area contributed by atoms with E-state index >= 15 is 0 Å². The van der Waals surface area contributed by atoms with Gasteiger partial charge in [-0.2, -0.15) is 18.4 Å². The van der Waals surface area contributed by atoms with Crippen LogP contribution in [-0.4, -0.2) is 36.1 Å². The summed E-state index contributed by atoms with van der Waals surface area (Å²) in [7, 11) is 0. The summed E-state index contributed by atoms with van der Waals surface area (Å²) in [5.74, 6) is 0.679. The number of aromatic nitrogens is 6. The third-order valence-electron chi connectivity index (χ3n) is 4.38. The highest BCUT2D eigenvalue weighted by molar-refractivity contribution is 5.80. The molecule has 2 aromatic carbocycles. The molecule has 0 amide bonds. The second-order valence-corrected chi connectivity index (χ2v) is 6.51. The molecular weight excluding hydrogens is 411 g/mol. The summed E-state index contributed by atoms with van der Waals surface area (Å²) in [5, 5.41) is 17.0. The van der Waals surface area contributed by atoms with Gasteiger partial charge in [0.2, 0.25) is 5.82 Å². The number of rotatable bonds is 5. The molecule has 160 valence electrons. The van der Waals surface area contributed by atoms with Crippen LogP contribution in [0.2, 0.25) is 0 Å². The van der Waals surface area contributed by atoms with Gasteiger partial charge in [0.1, 0.15) is 17.3 Å². The summed E-state index contributed by atoms with van der Waals surface area (Å²) in [5.41, 5.74) is 2.66. The maximum atomic E-state index is 12.9. The fourth-order valence-corrected chi connectivity index (χ4v) is 3.00. The minimum atomic E-state index is -4.52. The van der Waals surface area contributed by atoms with Crippen molar-refractivity contribution in [2.45, 2.75) is 19.6 Å². The van der Waals surface area contributed by atoms with E-state index < -0.39 is 11.9 Å². The number of nitrogens with zero attached hydrogens (tertiary/aromatic N) is 5. The summed E-state index contributed by atoms with van der Waals surface area (Å²) in [6.45, 7) is 1.75. The number of nitrogens with one attached hydrogen (secondary N) is 2. The quantitative estimate of drug-likeness (QED) is 0.501. The Hall–Kier alpha value is -3.86. The van der Waals surface area contributed by atoms with Crippen molar-refractivity contribution in [1.29, 1.82) is 0 Å². The standard InChI is InChI=1S/C20H16F3N7.H2O/c1-12-25-17(20(21,22)23)10-18(26-12)24-11-13-6-8-14(9-7-13)15-4-2-3-5-16(15)19-27-29-30-28-19;/h2-10H,11H2,1H3,(H,24,25,26)(H,27,28,29,30);1H2. The van der Waals surface area contributed by atoms with E-state index in [1.54, 1.807) is 0 Å². The van der Waals surface area contributed by atoms with Gasteiger partial charge < -0.3 is 10.8 Å². The van der Waals surface area contributed by atoms with E-state index in [2.05, 4.69) is 35.9 Å². The number of aromatic amines is 1. The Bertz CT molecular complexity index is 1150. The molecule has 0 unspecified atom stereocenters. The molecule has 0 saturated carbocycles. The molecule has 11 heteroatoms. The van der Waals surface area contributed by atoms with Crippen LogP contribution in [0.1, 0.15) is 17.1 Å². The molecule has 2 heterocycles. The molecule has 0 aliphatic carbocycles. The predicted octanol–water partition coefficient (Wildman–Crippen LogP) is 3.44. The first kappa shape index (κ1) is 21.8. The third kappa shape index (κ3) is 5.01. The van der Waals surface area contributed by atoms with Crippen molar-refractivity contribution in [3.63, 3.8) is 0 Å². The first-order valence-electron chi connectivity index (χ1n) is 8.99. The van der Waals surface area contributed by atoms with Crippen molar-refractivity contribution < 1.29 is 18.6 Å². The summed E-state index contributed by atoms with van der Waals surface area (Å²) < 4.78 is 38.8. The molecule has 4 N–H and O–H groups in total. The molecule has 31 heavy (non-hydrogen) atoms. The van der Waals surface area contributed by atoms with E-state index in [4.69, 9.17) is 0 Å². The van der Waals surface area contributed by atoms with Crippen LogP contribution in [-0.2, 0) is 12.7 Å². The van der Waals surface area contributed by atoms with E-state index in [9.17, 15) is 13.2 Å². The van der Waals surface area contributed by atoms with Crippen LogP contribution in [0, 0.1) is 6.92 Å². The van der Waals surface area contributed by atoms with E-state index in [1.807, 2.05) is 48.5 Å². The summed E-state index contributed by atoms with van der Waals surface area (Å²) in [6.07, 6.45) is -4.52. The highest BCUT2D eigenvalue weighted by Crippen LogP contribution is 2.30. The molecule has 4 rings (SSSR count). The maximum absolute atomic E-state index is 12.9. The SMILES string of the molecule is Cc1nc(NCc2ccc(-c3ccccc3-c3nn[nH]n3)cc2)cc(C(F)(F)F)n1.O. The number of halogens is 3. The molecule has 4 aromatic rings. The molecule has 0 atom stereocenters. The zero-order chi connectivity index (χ0) is 21.1. The average molecular weight is 429 g/mol. The lowest BCUT2D eigenvalue weighted by Crippen LogP contribution is -2.12. The van der Waals surface area contributed by atoms with Crippen molar-refractivity contribution in [2.24, 2.45) is 0 Å². The Morgan fingerprint density at radius 1 is 0.968 bits per heavy atom. The minimum absolute atomic E-state index is 0. The number of alkyl halides is 3. The van der Waals surface area contributed by atoms with Gasteiger partial charge in [-0.15, -0.1) is 10.2 Å². The van der Waals surface area contributed by atoms with Crippen LogP contribution in [0.5, 0.6) is 0 Å². The van der Waals surface area contributed by atoms with Crippen molar-refractivity contribution in [1.82, 2.24) is 30.6 Å². The Morgan fingerprint density at radius 3 is 2.32 bits per heavy atom. The smallest absolute Gasteiger partial charge is 0.412 e. The van der Waals surface area contributed by atoms with Crippen molar-refractivity contribution in [2.75, 3.05) is 5.32 Å². The van der Waals surface area contributed by atoms with Gasteiger partial charge in [-0.1, -0.05) is 48.5 Å². The van der Waals surface area contributed by atoms with E-state index in [-0.39, 0.29) is 17.1 Å². The van der Waals surface area contributed by atoms with Gasteiger partial charge in [-0.3, -0.25) is 0 Å². The average Bonchev–Trinajstić information content (AvgIpc) is 3.26. The lowest BCUT2D eigenvalue weighted by molar-refractivity contribution is -0.141. The fraction of sp³-hybridized carbons (Fsp3) is 0.150. The van der Waals surface area contributed by atoms with Gasteiger partial charge in [0.05, 0.1) is 0 Å². The van der Waals surface area contributed by atoms with Gasteiger partial charge in [0.25, 0.3) is 0 Å². The molecule has 2 aromatic heterocycles. The molecule has 0 bridgehead atoms. The van der Waals surface area contributed by atoms with Gasteiger partial charge in [-0.05, 0) is 28.8 Å². The molecule has 0 aliphatic rings. The van der Waals surface area contributed by atoms with Crippen LogP contribution in [0.3, 0.4) is 0 Å². The first-order valence-corrected chi connectivity index (χ1v) is 8.99. The van der Waals surface area contributed by atoms with Crippen molar-refractivity contribution >= 4 is 5.82 Å². The molecule has 0 aliphatic heterocycles. The summed E-state index contributed by atoms with van der Waals surface area (Å²) in [4.78, 5) is 7.46. The number of benzene rings is 2. The second kappa shape index (κ2) is 8.88. The number of H-pyrrole nitrogens is 1. The molecule has 8 nitrogen and oxygen atoms in total. The van der Waals surface area contributed by atoms with Gasteiger partial charge in [0, 0.05) is 18.2 Å². The fourth-order valence-electron chi connectivity index (χ4n) is 3.00. The molecule has 0 radical (unpaired) electrons. The Labute approximate surface area is 174 Å². The summed E-state index contributed by atoms with van der Waals surface area (Å²) in [6, 6.07) is 16.2. The maximum Gasteiger partial charge on any atom is 0.433 e. The third-order valence-corrected chi connectivity index (χ3v) is 4.38. The second-order valence-electron chi connectivity index (χ2n) is 6.51.